The zero-order valence-corrected chi connectivity index (χ0v) is 15.6. The number of ether oxygens (including phenoxy) is 1. The van der Waals surface area contributed by atoms with Crippen LogP contribution in [0, 0.1) is 5.92 Å². The van der Waals surface area contributed by atoms with E-state index in [2.05, 4.69) is 34.1 Å². The number of aliphatic hydroxyl groups is 1. The SMILES string of the molecule is COC(=O)[C@@H](C)CN(C)C[C@H](O)CN1CCN(c2ccccc2)CC1. The lowest BCUT2D eigenvalue weighted by Gasteiger charge is -2.37. The van der Waals surface area contributed by atoms with Gasteiger partial charge in [0, 0.05) is 51.5 Å². The van der Waals surface area contributed by atoms with Crippen molar-refractivity contribution in [3.05, 3.63) is 30.3 Å². The molecule has 0 unspecified atom stereocenters. The smallest absolute Gasteiger partial charge is 0.309 e. The average molecular weight is 349 g/mol. The number of hydrogen-bond donors (Lipinski definition) is 1. The number of aliphatic hydroxyl groups excluding tert-OH is 1. The van der Waals surface area contributed by atoms with Crippen molar-refractivity contribution >= 4 is 11.7 Å². The number of carbonyl (C=O) groups excluding carboxylic acids is 1. The molecule has 6 nitrogen and oxygen atoms in total. The third-order valence-corrected chi connectivity index (χ3v) is 4.67. The summed E-state index contributed by atoms with van der Waals surface area (Å²) < 4.78 is 4.74. The van der Waals surface area contributed by atoms with E-state index in [1.54, 1.807) is 0 Å². The van der Waals surface area contributed by atoms with Crippen molar-refractivity contribution in [3.8, 4) is 0 Å². The van der Waals surface area contributed by atoms with Gasteiger partial charge in [-0.1, -0.05) is 25.1 Å². The van der Waals surface area contributed by atoms with E-state index in [1.807, 2.05) is 24.9 Å². The van der Waals surface area contributed by atoms with Crippen molar-refractivity contribution < 1.29 is 14.6 Å². The van der Waals surface area contributed by atoms with Crippen LogP contribution >= 0.6 is 0 Å². The summed E-state index contributed by atoms with van der Waals surface area (Å²) in [5.41, 5.74) is 1.26. The monoisotopic (exact) mass is 349 g/mol. The third kappa shape index (κ3) is 6.30. The summed E-state index contributed by atoms with van der Waals surface area (Å²) in [7, 11) is 3.33. The topological polar surface area (TPSA) is 56.2 Å². The molecule has 140 valence electrons. The van der Waals surface area contributed by atoms with Crippen LogP contribution in [0.4, 0.5) is 5.69 Å². The fraction of sp³-hybridized carbons (Fsp3) is 0.632. The minimum absolute atomic E-state index is 0.184. The first-order valence-corrected chi connectivity index (χ1v) is 8.96. The standard InChI is InChI=1S/C19H31N3O3/c1-16(19(24)25-3)13-20(2)14-18(23)15-21-9-11-22(12-10-21)17-7-5-4-6-8-17/h4-8,16,18,23H,9-15H2,1-3H3/t16-,18-/m0/s1. The normalized spacial score (nSPS) is 18.2. The molecule has 1 aromatic rings. The van der Waals surface area contributed by atoms with Crippen LogP contribution in [0.2, 0.25) is 0 Å². The van der Waals surface area contributed by atoms with Crippen molar-refractivity contribution in [2.75, 3.05) is 64.9 Å². The molecule has 1 aliphatic heterocycles. The summed E-state index contributed by atoms with van der Waals surface area (Å²) in [5.74, 6) is -0.394. The Morgan fingerprint density at radius 3 is 2.44 bits per heavy atom. The highest BCUT2D eigenvalue weighted by Crippen LogP contribution is 2.15. The Bertz CT molecular complexity index is 518. The molecule has 0 radical (unpaired) electrons. The number of likely N-dealkylation sites (N-methyl/N-ethyl adjacent to an activating group) is 1. The molecular weight excluding hydrogens is 318 g/mol. The predicted octanol–water partition coefficient (Wildman–Crippen LogP) is 0.910. The molecule has 1 N–H and O–H groups in total. The maximum Gasteiger partial charge on any atom is 0.309 e. The second kappa shape index (κ2) is 9.75. The van der Waals surface area contributed by atoms with Crippen LogP contribution in [-0.2, 0) is 9.53 Å². The van der Waals surface area contributed by atoms with E-state index in [4.69, 9.17) is 4.74 Å². The molecule has 2 atom stereocenters. The van der Waals surface area contributed by atoms with Gasteiger partial charge >= 0.3 is 5.97 Å². The Labute approximate surface area is 151 Å². The van der Waals surface area contributed by atoms with Crippen LogP contribution in [0.5, 0.6) is 0 Å². The van der Waals surface area contributed by atoms with Crippen LogP contribution in [0.3, 0.4) is 0 Å². The van der Waals surface area contributed by atoms with Crippen molar-refractivity contribution in [2.24, 2.45) is 5.92 Å². The van der Waals surface area contributed by atoms with Gasteiger partial charge < -0.3 is 19.6 Å². The number of para-hydroxylation sites is 1. The van der Waals surface area contributed by atoms with E-state index in [0.717, 1.165) is 26.2 Å². The quantitative estimate of drug-likeness (QED) is 0.704. The maximum atomic E-state index is 11.5. The molecule has 0 saturated carbocycles. The molecule has 6 heteroatoms. The second-order valence-electron chi connectivity index (χ2n) is 6.92. The first-order chi connectivity index (χ1) is 12.0. The van der Waals surface area contributed by atoms with Crippen molar-refractivity contribution in [1.29, 1.82) is 0 Å². The summed E-state index contributed by atoms with van der Waals surface area (Å²) in [5, 5.41) is 10.4. The molecule has 1 aromatic carbocycles. The van der Waals surface area contributed by atoms with E-state index in [0.29, 0.717) is 19.6 Å². The number of carbonyl (C=O) groups is 1. The van der Waals surface area contributed by atoms with Crippen LogP contribution in [-0.4, -0.2) is 87.0 Å². The Morgan fingerprint density at radius 2 is 1.84 bits per heavy atom. The van der Waals surface area contributed by atoms with Crippen molar-refractivity contribution in [3.63, 3.8) is 0 Å². The van der Waals surface area contributed by atoms with Crippen LogP contribution in [0.15, 0.2) is 30.3 Å². The van der Waals surface area contributed by atoms with E-state index in [1.165, 1.54) is 12.8 Å². The molecule has 25 heavy (non-hydrogen) atoms. The number of methoxy groups -OCH3 is 1. The van der Waals surface area contributed by atoms with E-state index in [9.17, 15) is 9.90 Å². The second-order valence-corrected chi connectivity index (χ2v) is 6.92. The lowest BCUT2D eigenvalue weighted by Crippen LogP contribution is -2.50. The number of hydrogen-bond acceptors (Lipinski definition) is 6. The summed E-state index contributed by atoms with van der Waals surface area (Å²) in [6.07, 6.45) is -0.418. The van der Waals surface area contributed by atoms with Gasteiger partial charge in [-0.25, -0.2) is 0 Å². The van der Waals surface area contributed by atoms with E-state index < -0.39 is 6.10 Å². The summed E-state index contributed by atoms with van der Waals surface area (Å²) >= 11 is 0. The zero-order valence-electron chi connectivity index (χ0n) is 15.6. The predicted molar refractivity (Wildman–Crippen MR) is 99.8 cm³/mol. The number of esters is 1. The zero-order chi connectivity index (χ0) is 18.2. The minimum Gasteiger partial charge on any atom is -0.469 e. The lowest BCUT2D eigenvalue weighted by atomic mass is 10.1. The Morgan fingerprint density at radius 1 is 1.20 bits per heavy atom. The molecule has 1 heterocycles. The third-order valence-electron chi connectivity index (χ3n) is 4.67. The Hall–Kier alpha value is -1.63. The van der Waals surface area contributed by atoms with Gasteiger partial charge in [0.1, 0.15) is 0 Å². The molecule has 0 amide bonds. The van der Waals surface area contributed by atoms with Crippen LogP contribution in [0.1, 0.15) is 6.92 Å². The van der Waals surface area contributed by atoms with Crippen molar-refractivity contribution in [1.82, 2.24) is 9.80 Å². The molecule has 1 aliphatic rings. The highest BCUT2D eigenvalue weighted by molar-refractivity contribution is 5.72. The van der Waals surface area contributed by atoms with Gasteiger partial charge in [-0.15, -0.1) is 0 Å². The first-order valence-electron chi connectivity index (χ1n) is 8.96. The van der Waals surface area contributed by atoms with Gasteiger partial charge in [0.05, 0.1) is 19.1 Å². The largest absolute Gasteiger partial charge is 0.469 e. The van der Waals surface area contributed by atoms with Gasteiger partial charge in [0.25, 0.3) is 0 Å². The fourth-order valence-corrected chi connectivity index (χ4v) is 3.36. The van der Waals surface area contributed by atoms with Crippen molar-refractivity contribution in [2.45, 2.75) is 13.0 Å². The molecule has 1 saturated heterocycles. The van der Waals surface area contributed by atoms with Gasteiger partial charge in [-0.2, -0.15) is 0 Å². The molecule has 0 aromatic heterocycles. The molecule has 0 aliphatic carbocycles. The van der Waals surface area contributed by atoms with Crippen LogP contribution < -0.4 is 4.90 Å². The van der Waals surface area contributed by atoms with E-state index >= 15 is 0 Å². The number of anilines is 1. The van der Waals surface area contributed by atoms with Gasteiger partial charge in [0.2, 0.25) is 0 Å². The maximum absolute atomic E-state index is 11.5. The Balaban J connectivity index is 1.69. The number of β-amino-alcohol motifs (C(OH)–C–C–N with tert-alkyl or cyclic N) is 1. The molecule has 2 rings (SSSR count). The lowest BCUT2D eigenvalue weighted by molar-refractivity contribution is -0.145. The number of rotatable bonds is 8. The number of benzene rings is 1. The summed E-state index contributed by atoms with van der Waals surface area (Å²) in [6.45, 7) is 7.52. The minimum atomic E-state index is -0.418. The Kier molecular flexibility index (Phi) is 7.68. The summed E-state index contributed by atoms with van der Waals surface area (Å²) in [6, 6.07) is 10.4. The van der Waals surface area contributed by atoms with Gasteiger partial charge in [-0.3, -0.25) is 9.69 Å². The summed E-state index contributed by atoms with van der Waals surface area (Å²) in [4.78, 5) is 18.2. The van der Waals surface area contributed by atoms with Crippen LogP contribution in [0.25, 0.3) is 0 Å². The molecular formula is C19H31N3O3. The first kappa shape index (κ1) is 19.7. The van der Waals surface area contributed by atoms with Gasteiger partial charge in [-0.05, 0) is 19.2 Å². The average Bonchev–Trinajstić information content (AvgIpc) is 2.62. The molecule has 0 bridgehead atoms. The number of piperazine rings is 1. The van der Waals surface area contributed by atoms with E-state index in [-0.39, 0.29) is 11.9 Å². The number of nitrogens with zero attached hydrogens (tertiary/aromatic N) is 3. The highest BCUT2D eigenvalue weighted by atomic mass is 16.5. The van der Waals surface area contributed by atoms with Gasteiger partial charge in [0.15, 0.2) is 0 Å². The fourth-order valence-electron chi connectivity index (χ4n) is 3.36. The molecule has 0 spiro atoms. The molecule has 1 fully saturated rings. The highest BCUT2D eigenvalue weighted by Gasteiger charge is 2.21.